The highest BCUT2D eigenvalue weighted by Gasteiger charge is 2.05. The van der Waals surface area contributed by atoms with Crippen LogP contribution in [0.15, 0.2) is 42.5 Å². The first-order valence-electron chi connectivity index (χ1n) is 6.71. The smallest absolute Gasteiger partial charge is 0.323 e. The number of hydrogen-bond donors (Lipinski definition) is 3. The van der Waals surface area contributed by atoms with Gasteiger partial charge in [0.15, 0.2) is 0 Å². The van der Waals surface area contributed by atoms with Crippen LogP contribution in [0.2, 0.25) is 0 Å². The molecule has 0 fully saturated rings. The molecule has 21 heavy (non-hydrogen) atoms. The molecule has 0 bridgehead atoms. The van der Waals surface area contributed by atoms with Crippen molar-refractivity contribution in [3.63, 3.8) is 0 Å². The van der Waals surface area contributed by atoms with Crippen LogP contribution in [0.25, 0.3) is 11.0 Å². The fraction of sp³-hybridized carbons (Fsp3) is 0.125. The van der Waals surface area contributed by atoms with Crippen LogP contribution in [-0.2, 0) is 0 Å². The molecule has 0 spiro atoms. The molecule has 1 aromatic heterocycles. The molecule has 106 valence electrons. The number of nitrogens with one attached hydrogen (secondary N) is 3. The van der Waals surface area contributed by atoms with Gasteiger partial charge in [-0.3, -0.25) is 0 Å². The minimum atomic E-state index is -0.269. The number of hydrogen-bond acceptors (Lipinski definition) is 2. The number of carbonyl (C=O) groups excluding carboxylic acids is 1. The van der Waals surface area contributed by atoms with Crippen LogP contribution in [0.5, 0.6) is 0 Å². The van der Waals surface area contributed by atoms with Crippen molar-refractivity contribution >= 4 is 28.4 Å². The van der Waals surface area contributed by atoms with E-state index in [0.717, 1.165) is 33.8 Å². The maximum Gasteiger partial charge on any atom is 0.323 e. The molecule has 0 unspecified atom stereocenters. The molecule has 2 aromatic carbocycles. The van der Waals surface area contributed by atoms with E-state index >= 15 is 0 Å². The number of aryl methyl sites for hydroxylation is 2. The number of benzene rings is 2. The largest absolute Gasteiger partial charge is 0.342 e. The molecule has 0 aliphatic carbocycles. The summed E-state index contributed by atoms with van der Waals surface area (Å²) in [7, 11) is 0. The summed E-state index contributed by atoms with van der Waals surface area (Å²) in [5.74, 6) is 0.853. The molecular formula is C16H16N4O. The molecule has 3 aromatic rings. The summed E-state index contributed by atoms with van der Waals surface area (Å²) in [4.78, 5) is 19.4. The summed E-state index contributed by atoms with van der Waals surface area (Å²) < 4.78 is 0. The molecule has 3 rings (SSSR count). The quantitative estimate of drug-likeness (QED) is 0.667. The summed E-state index contributed by atoms with van der Waals surface area (Å²) in [6, 6.07) is 13.0. The zero-order valence-electron chi connectivity index (χ0n) is 11.9. The van der Waals surface area contributed by atoms with Crippen molar-refractivity contribution in [1.29, 1.82) is 0 Å². The van der Waals surface area contributed by atoms with E-state index in [1.807, 2.05) is 56.3 Å². The lowest BCUT2D eigenvalue weighted by Crippen LogP contribution is -2.19. The van der Waals surface area contributed by atoms with Crippen LogP contribution in [0.3, 0.4) is 0 Å². The zero-order valence-corrected chi connectivity index (χ0v) is 11.9. The van der Waals surface area contributed by atoms with Crippen LogP contribution < -0.4 is 10.6 Å². The van der Waals surface area contributed by atoms with Crippen LogP contribution in [0.1, 0.15) is 11.4 Å². The number of rotatable bonds is 2. The standard InChI is InChI=1S/C16H16N4O/c1-10-3-5-12(6-4-10)19-16(21)20-13-7-8-14-15(9-13)18-11(2)17-14/h3-9H,1-2H3,(H,17,18)(H2,19,20,21). The van der Waals surface area contributed by atoms with Gasteiger partial charge in [-0.05, 0) is 44.2 Å². The van der Waals surface area contributed by atoms with Gasteiger partial charge < -0.3 is 15.6 Å². The predicted octanol–water partition coefficient (Wildman–Crippen LogP) is 3.82. The predicted molar refractivity (Wildman–Crippen MR) is 84.7 cm³/mol. The Morgan fingerprint density at radius 2 is 1.67 bits per heavy atom. The highest BCUT2D eigenvalue weighted by molar-refractivity contribution is 6.00. The monoisotopic (exact) mass is 280 g/mol. The average Bonchev–Trinajstić information content (AvgIpc) is 2.80. The van der Waals surface area contributed by atoms with Crippen LogP contribution >= 0.6 is 0 Å². The fourth-order valence-electron chi connectivity index (χ4n) is 2.15. The van der Waals surface area contributed by atoms with Crippen molar-refractivity contribution in [2.24, 2.45) is 0 Å². The van der Waals surface area contributed by atoms with Crippen molar-refractivity contribution in [3.05, 3.63) is 53.9 Å². The molecule has 0 aliphatic rings. The van der Waals surface area contributed by atoms with E-state index in [4.69, 9.17) is 0 Å². The number of amides is 2. The van der Waals surface area contributed by atoms with Crippen molar-refractivity contribution in [2.45, 2.75) is 13.8 Å². The fourth-order valence-corrected chi connectivity index (χ4v) is 2.15. The van der Waals surface area contributed by atoms with Gasteiger partial charge in [-0.1, -0.05) is 17.7 Å². The maximum atomic E-state index is 12.0. The molecule has 0 atom stereocenters. The highest BCUT2D eigenvalue weighted by Crippen LogP contribution is 2.17. The summed E-state index contributed by atoms with van der Waals surface area (Å²) in [5.41, 5.74) is 4.42. The molecule has 1 heterocycles. The zero-order chi connectivity index (χ0) is 14.8. The van der Waals surface area contributed by atoms with Gasteiger partial charge in [0, 0.05) is 11.4 Å². The molecule has 5 nitrogen and oxygen atoms in total. The highest BCUT2D eigenvalue weighted by atomic mass is 16.2. The van der Waals surface area contributed by atoms with E-state index in [-0.39, 0.29) is 6.03 Å². The molecule has 0 saturated heterocycles. The summed E-state index contributed by atoms with van der Waals surface area (Å²) >= 11 is 0. The molecular weight excluding hydrogens is 264 g/mol. The van der Waals surface area contributed by atoms with E-state index in [0.29, 0.717) is 0 Å². The van der Waals surface area contributed by atoms with Crippen molar-refractivity contribution in [3.8, 4) is 0 Å². The Morgan fingerprint density at radius 3 is 2.43 bits per heavy atom. The third kappa shape index (κ3) is 3.02. The Bertz CT molecular complexity index is 790. The lowest BCUT2D eigenvalue weighted by atomic mass is 10.2. The van der Waals surface area contributed by atoms with Crippen LogP contribution in [-0.4, -0.2) is 16.0 Å². The van der Waals surface area contributed by atoms with E-state index in [1.54, 1.807) is 0 Å². The van der Waals surface area contributed by atoms with Crippen molar-refractivity contribution in [2.75, 3.05) is 10.6 Å². The molecule has 0 saturated carbocycles. The first kappa shape index (κ1) is 13.2. The average molecular weight is 280 g/mol. The van der Waals surface area contributed by atoms with Gasteiger partial charge in [-0.15, -0.1) is 0 Å². The number of aromatic amines is 1. The van der Waals surface area contributed by atoms with Gasteiger partial charge in [0.1, 0.15) is 5.82 Å². The molecule has 0 aliphatic heterocycles. The number of carbonyl (C=O) groups is 1. The van der Waals surface area contributed by atoms with Gasteiger partial charge in [0.25, 0.3) is 0 Å². The van der Waals surface area contributed by atoms with E-state index < -0.39 is 0 Å². The molecule has 0 radical (unpaired) electrons. The van der Waals surface area contributed by atoms with Crippen molar-refractivity contribution < 1.29 is 4.79 Å². The topological polar surface area (TPSA) is 69.8 Å². The third-order valence-corrected chi connectivity index (χ3v) is 3.17. The minimum absolute atomic E-state index is 0.269. The number of fused-ring (bicyclic) bond motifs is 1. The number of aromatic nitrogens is 2. The van der Waals surface area contributed by atoms with Gasteiger partial charge in [0.05, 0.1) is 11.0 Å². The lowest BCUT2D eigenvalue weighted by molar-refractivity contribution is 0.262. The number of anilines is 2. The van der Waals surface area contributed by atoms with Crippen molar-refractivity contribution in [1.82, 2.24) is 9.97 Å². The second-order valence-electron chi connectivity index (χ2n) is 5.00. The SMILES string of the molecule is Cc1ccc(NC(=O)Nc2ccc3nc(C)[nH]c3c2)cc1. The number of urea groups is 1. The summed E-state index contributed by atoms with van der Waals surface area (Å²) in [6.07, 6.45) is 0. The second-order valence-corrected chi connectivity index (χ2v) is 5.00. The number of nitrogens with zero attached hydrogens (tertiary/aromatic N) is 1. The Morgan fingerprint density at radius 1 is 1.00 bits per heavy atom. The third-order valence-electron chi connectivity index (χ3n) is 3.17. The van der Waals surface area contributed by atoms with Gasteiger partial charge in [0.2, 0.25) is 0 Å². The van der Waals surface area contributed by atoms with E-state index in [1.165, 1.54) is 0 Å². The number of H-pyrrole nitrogens is 1. The van der Waals surface area contributed by atoms with Gasteiger partial charge in [-0.2, -0.15) is 0 Å². The summed E-state index contributed by atoms with van der Waals surface area (Å²) in [6.45, 7) is 3.91. The van der Waals surface area contributed by atoms with Gasteiger partial charge >= 0.3 is 6.03 Å². The Balaban J connectivity index is 1.71. The Kier molecular flexibility index (Phi) is 3.31. The van der Waals surface area contributed by atoms with E-state index in [9.17, 15) is 4.79 Å². The van der Waals surface area contributed by atoms with E-state index in [2.05, 4.69) is 20.6 Å². The molecule has 5 heteroatoms. The summed E-state index contributed by atoms with van der Waals surface area (Å²) in [5, 5.41) is 5.60. The molecule has 2 amide bonds. The second kappa shape index (κ2) is 5.28. The van der Waals surface area contributed by atoms with Crippen LogP contribution in [0, 0.1) is 13.8 Å². The van der Waals surface area contributed by atoms with Gasteiger partial charge in [-0.25, -0.2) is 9.78 Å². The number of imidazole rings is 1. The lowest BCUT2D eigenvalue weighted by Gasteiger charge is -2.07. The maximum absolute atomic E-state index is 12.0. The Labute approximate surface area is 122 Å². The first-order chi connectivity index (χ1) is 10.1. The Hall–Kier alpha value is -2.82. The first-order valence-corrected chi connectivity index (χ1v) is 6.71. The van der Waals surface area contributed by atoms with Crippen LogP contribution in [0.4, 0.5) is 16.2 Å². The normalized spacial score (nSPS) is 10.6. The minimum Gasteiger partial charge on any atom is -0.342 e. The molecule has 3 N–H and O–H groups in total.